The van der Waals surface area contributed by atoms with Gasteiger partial charge in [0.05, 0.1) is 18.8 Å². The maximum atomic E-state index is 12.1. The molecule has 0 atom stereocenters. The molecular formula is C20H23NO5. The van der Waals surface area contributed by atoms with Crippen molar-refractivity contribution in [3.8, 4) is 11.5 Å². The fourth-order valence-corrected chi connectivity index (χ4v) is 2.18. The summed E-state index contributed by atoms with van der Waals surface area (Å²) >= 11 is 0. The number of rotatable bonds is 9. The number of esters is 1. The molecule has 0 aliphatic carbocycles. The molecular weight excluding hydrogens is 334 g/mol. The third-order valence-corrected chi connectivity index (χ3v) is 3.33. The maximum Gasteiger partial charge on any atom is 0.338 e. The highest BCUT2D eigenvalue weighted by Gasteiger charge is 2.10. The zero-order chi connectivity index (χ0) is 18.8. The quantitative estimate of drug-likeness (QED) is 0.693. The van der Waals surface area contributed by atoms with E-state index in [0.717, 1.165) is 6.42 Å². The van der Waals surface area contributed by atoms with Gasteiger partial charge in [-0.1, -0.05) is 25.1 Å². The minimum atomic E-state index is -0.429. The van der Waals surface area contributed by atoms with E-state index >= 15 is 0 Å². The van der Waals surface area contributed by atoms with Crippen LogP contribution < -0.4 is 14.8 Å². The summed E-state index contributed by atoms with van der Waals surface area (Å²) in [5.74, 6) is 0.348. The fraction of sp³-hybridized carbons (Fsp3) is 0.300. The second-order valence-corrected chi connectivity index (χ2v) is 5.43. The molecule has 0 aliphatic rings. The highest BCUT2D eigenvalue weighted by molar-refractivity contribution is 5.95. The highest BCUT2D eigenvalue weighted by Crippen LogP contribution is 2.26. The van der Waals surface area contributed by atoms with Crippen molar-refractivity contribution < 1.29 is 23.8 Å². The van der Waals surface area contributed by atoms with Crippen molar-refractivity contribution >= 4 is 17.6 Å². The third-order valence-electron chi connectivity index (χ3n) is 3.33. The first-order chi connectivity index (χ1) is 12.6. The molecule has 0 aromatic heterocycles. The molecule has 2 aromatic carbocycles. The van der Waals surface area contributed by atoms with Gasteiger partial charge < -0.3 is 19.5 Å². The number of nitrogens with one attached hydrogen (secondary N) is 1. The van der Waals surface area contributed by atoms with Crippen molar-refractivity contribution in [2.24, 2.45) is 0 Å². The van der Waals surface area contributed by atoms with Crippen molar-refractivity contribution in [1.82, 2.24) is 0 Å². The predicted octanol–water partition coefficient (Wildman–Crippen LogP) is 3.67. The number of benzene rings is 2. The minimum Gasteiger partial charge on any atom is -0.490 e. The molecule has 2 rings (SSSR count). The van der Waals surface area contributed by atoms with Crippen molar-refractivity contribution in [2.45, 2.75) is 20.3 Å². The first-order valence-corrected chi connectivity index (χ1v) is 8.55. The van der Waals surface area contributed by atoms with E-state index in [-0.39, 0.29) is 12.5 Å². The summed E-state index contributed by atoms with van der Waals surface area (Å²) in [5.41, 5.74) is 0.878. The van der Waals surface area contributed by atoms with Crippen molar-refractivity contribution in [3.63, 3.8) is 0 Å². The Kier molecular flexibility index (Phi) is 7.49. The summed E-state index contributed by atoms with van der Waals surface area (Å²) in [6.07, 6.45) is 0.881. The van der Waals surface area contributed by atoms with Crippen LogP contribution in [0.25, 0.3) is 0 Å². The molecule has 138 valence electrons. The van der Waals surface area contributed by atoms with Crippen molar-refractivity contribution in [1.29, 1.82) is 0 Å². The standard InChI is InChI=1S/C20H23NO5/c1-3-12-25-17-10-5-6-11-18(17)26-14-19(22)21-16-9-7-8-15(13-16)20(23)24-4-2/h5-11,13H,3-4,12,14H2,1-2H3,(H,21,22). The Hall–Kier alpha value is -3.02. The second kappa shape index (κ2) is 10.1. The lowest BCUT2D eigenvalue weighted by Gasteiger charge is -2.12. The molecule has 1 N–H and O–H groups in total. The van der Waals surface area contributed by atoms with Crippen LogP contribution in [-0.4, -0.2) is 31.7 Å². The van der Waals surface area contributed by atoms with Gasteiger partial charge >= 0.3 is 5.97 Å². The van der Waals surface area contributed by atoms with Crippen LogP contribution in [0.2, 0.25) is 0 Å². The van der Waals surface area contributed by atoms with Crippen molar-refractivity contribution in [3.05, 3.63) is 54.1 Å². The van der Waals surface area contributed by atoms with Crippen molar-refractivity contribution in [2.75, 3.05) is 25.1 Å². The smallest absolute Gasteiger partial charge is 0.338 e. The first kappa shape index (κ1) is 19.3. The number of hydrogen-bond acceptors (Lipinski definition) is 5. The molecule has 0 saturated heterocycles. The number of anilines is 1. The van der Waals surface area contributed by atoms with Gasteiger partial charge in [0, 0.05) is 5.69 Å². The molecule has 0 spiro atoms. The molecule has 0 radical (unpaired) electrons. The maximum absolute atomic E-state index is 12.1. The number of carbonyl (C=O) groups excluding carboxylic acids is 2. The normalized spacial score (nSPS) is 10.1. The average molecular weight is 357 g/mol. The number of amides is 1. The molecule has 2 aromatic rings. The predicted molar refractivity (Wildman–Crippen MR) is 98.8 cm³/mol. The lowest BCUT2D eigenvalue weighted by atomic mass is 10.2. The van der Waals surface area contributed by atoms with E-state index in [1.165, 1.54) is 0 Å². The Balaban J connectivity index is 1.93. The monoisotopic (exact) mass is 357 g/mol. The van der Waals surface area contributed by atoms with E-state index in [1.54, 1.807) is 43.3 Å². The minimum absolute atomic E-state index is 0.171. The van der Waals surface area contributed by atoms with E-state index in [9.17, 15) is 9.59 Å². The molecule has 0 unspecified atom stereocenters. The summed E-state index contributed by atoms with van der Waals surface area (Å²) in [6.45, 7) is 4.45. The molecule has 0 fully saturated rings. The molecule has 0 aliphatic heterocycles. The van der Waals surface area contributed by atoms with Gasteiger partial charge in [-0.3, -0.25) is 4.79 Å². The second-order valence-electron chi connectivity index (χ2n) is 5.43. The van der Waals surface area contributed by atoms with Crippen LogP contribution in [0.1, 0.15) is 30.6 Å². The van der Waals surface area contributed by atoms with Gasteiger partial charge in [0.1, 0.15) is 0 Å². The fourth-order valence-electron chi connectivity index (χ4n) is 2.18. The van der Waals surface area contributed by atoms with Gasteiger partial charge in [0.15, 0.2) is 18.1 Å². The van der Waals surface area contributed by atoms with Crippen LogP contribution in [0.15, 0.2) is 48.5 Å². The van der Waals surface area contributed by atoms with E-state index in [4.69, 9.17) is 14.2 Å². The Bertz CT molecular complexity index is 744. The molecule has 1 amide bonds. The molecule has 6 nitrogen and oxygen atoms in total. The van der Waals surface area contributed by atoms with Gasteiger partial charge in [-0.2, -0.15) is 0 Å². The zero-order valence-electron chi connectivity index (χ0n) is 15.0. The molecule has 0 saturated carbocycles. The van der Waals surface area contributed by atoms with Gasteiger partial charge in [-0.05, 0) is 43.7 Å². The summed E-state index contributed by atoms with van der Waals surface area (Å²) in [6, 6.07) is 13.8. The molecule has 0 heterocycles. The van der Waals surface area contributed by atoms with Crippen LogP contribution >= 0.6 is 0 Å². The summed E-state index contributed by atoms with van der Waals surface area (Å²) in [5, 5.41) is 2.70. The highest BCUT2D eigenvalue weighted by atomic mass is 16.5. The van der Waals surface area contributed by atoms with Crippen LogP contribution in [0.5, 0.6) is 11.5 Å². The number of carbonyl (C=O) groups is 2. The number of hydrogen-bond donors (Lipinski definition) is 1. The van der Waals surface area contributed by atoms with Crippen LogP contribution in [0.4, 0.5) is 5.69 Å². The Labute approximate surface area is 153 Å². The molecule has 6 heteroatoms. The third kappa shape index (κ3) is 5.81. The zero-order valence-corrected chi connectivity index (χ0v) is 15.0. The molecule has 26 heavy (non-hydrogen) atoms. The lowest BCUT2D eigenvalue weighted by molar-refractivity contribution is -0.118. The lowest BCUT2D eigenvalue weighted by Crippen LogP contribution is -2.20. The van der Waals surface area contributed by atoms with Crippen LogP contribution in [-0.2, 0) is 9.53 Å². The topological polar surface area (TPSA) is 73.9 Å². The van der Waals surface area contributed by atoms with Gasteiger partial charge in [-0.25, -0.2) is 4.79 Å². The van der Waals surface area contributed by atoms with Crippen LogP contribution in [0, 0.1) is 0 Å². The van der Waals surface area contributed by atoms with E-state index < -0.39 is 5.97 Å². The van der Waals surface area contributed by atoms with E-state index in [0.29, 0.717) is 36.0 Å². The summed E-state index contributed by atoms with van der Waals surface area (Å²) < 4.78 is 16.1. The average Bonchev–Trinajstić information content (AvgIpc) is 2.65. The molecule has 0 bridgehead atoms. The van der Waals surface area contributed by atoms with Gasteiger partial charge in [-0.15, -0.1) is 0 Å². The largest absolute Gasteiger partial charge is 0.490 e. The van der Waals surface area contributed by atoms with E-state index in [1.807, 2.05) is 19.1 Å². The van der Waals surface area contributed by atoms with Crippen LogP contribution in [0.3, 0.4) is 0 Å². The number of para-hydroxylation sites is 2. The van der Waals surface area contributed by atoms with E-state index in [2.05, 4.69) is 5.32 Å². The SMILES string of the molecule is CCCOc1ccccc1OCC(=O)Nc1cccc(C(=O)OCC)c1. The Morgan fingerprint density at radius 1 is 0.962 bits per heavy atom. The first-order valence-electron chi connectivity index (χ1n) is 8.55. The Morgan fingerprint density at radius 2 is 1.69 bits per heavy atom. The summed E-state index contributed by atoms with van der Waals surface area (Å²) in [7, 11) is 0. The van der Waals surface area contributed by atoms with Gasteiger partial charge in [0.25, 0.3) is 5.91 Å². The summed E-state index contributed by atoms with van der Waals surface area (Å²) in [4.78, 5) is 23.9. The van der Waals surface area contributed by atoms with Gasteiger partial charge in [0.2, 0.25) is 0 Å². The number of ether oxygens (including phenoxy) is 3. The Morgan fingerprint density at radius 3 is 2.38 bits per heavy atom.